The van der Waals surface area contributed by atoms with Crippen LogP contribution in [0.1, 0.15) is 16.1 Å². The Morgan fingerprint density at radius 1 is 0.917 bits per heavy atom. The van der Waals surface area contributed by atoms with E-state index < -0.39 is 11.1 Å². The highest BCUT2D eigenvalue weighted by atomic mass is 16.2. The number of carbonyl (C=O) groups is 1. The first-order valence-electron chi connectivity index (χ1n) is 11.2. The summed E-state index contributed by atoms with van der Waals surface area (Å²) in [7, 11) is 0. The number of hydrogen-bond acceptors (Lipinski definition) is 7. The van der Waals surface area contributed by atoms with Crippen molar-refractivity contribution in [3.63, 3.8) is 0 Å². The van der Waals surface area contributed by atoms with Gasteiger partial charge in [-0.15, -0.1) is 5.11 Å². The lowest BCUT2D eigenvalue weighted by molar-refractivity contribution is 0.100. The van der Waals surface area contributed by atoms with Crippen LogP contribution in [0.25, 0.3) is 22.3 Å². The first kappa shape index (κ1) is 22.7. The molecule has 178 valence electrons. The molecule has 2 aromatic heterocycles. The van der Waals surface area contributed by atoms with E-state index >= 15 is 0 Å². The van der Waals surface area contributed by atoms with Crippen molar-refractivity contribution in [2.24, 2.45) is 10.3 Å². The highest BCUT2D eigenvalue weighted by Gasteiger charge is 2.15. The van der Waals surface area contributed by atoms with Crippen LogP contribution in [0.2, 0.25) is 0 Å². The van der Waals surface area contributed by atoms with Crippen LogP contribution in [0.3, 0.4) is 0 Å². The number of rotatable bonds is 7. The number of para-hydroxylation sites is 1. The lowest BCUT2D eigenvalue weighted by Crippen LogP contribution is -2.31. The van der Waals surface area contributed by atoms with Crippen LogP contribution in [-0.4, -0.2) is 31.9 Å². The number of H-pyrrole nitrogens is 1. The van der Waals surface area contributed by atoms with Gasteiger partial charge in [0.1, 0.15) is 0 Å². The van der Waals surface area contributed by atoms with E-state index in [1.165, 1.54) is 0 Å². The van der Waals surface area contributed by atoms with E-state index in [-0.39, 0.29) is 18.0 Å². The van der Waals surface area contributed by atoms with Crippen LogP contribution in [0, 0.1) is 6.92 Å². The molecule has 0 radical (unpaired) electrons. The van der Waals surface area contributed by atoms with Gasteiger partial charge in [0.25, 0.3) is 5.56 Å². The fraction of sp³-hybridized carbons (Fsp3) is 0.0769. The summed E-state index contributed by atoms with van der Waals surface area (Å²) in [5.74, 6) is 0.113. The summed E-state index contributed by atoms with van der Waals surface area (Å²) < 4.78 is 1.08. The SMILES string of the molecule is Cc1[nH]n(NCC(=O)c2ccccc2)c(=O)c1N=Nn1c(-c2ccccc2)nc2ccccc2c1=O. The minimum atomic E-state index is -0.542. The van der Waals surface area contributed by atoms with Gasteiger partial charge >= 0.3 is 5.56 Å². The Kier molecular flexibility index (Phi) is 6.06. The van der Waals surface area contributed by atoms with E-state index in [1.54, 1.807) is 55.5 Å². The maximum absolute atomic E-state index is 13.3. The molecule has 0 aliphatic rings. The summed E-state index contributed by atoms with van der Waals surface area (Å²) in [6.45, 7) is 1.54. The minimum absolute atomic E-state index is 0.00581. The Labute approximate surface area is 204 Å². The zero-order valence-corrected chi connectivity index (χ0v) is 19.3. The molecule has 10 nitrogen and oxygen atoms in total. The Balaban J connectivity index is 1.50. The molecule has 3 aromatic carbocycles. The average molecular weight is 480 g/mol. The second-order valence-corrected chi connectivity index (χ2v) is 7.98. The van der Waals surface area contributed by atoms with Crippen LogP contribution < -0.4 is 16.5 Å². The van der Waals surface area contributed by atoms with Gasteiger partial charge in [-0.2, -0.15) is 9.47 Å². The minimum Gasteiger partial charge on any atom is -0.300 e. The largest absolute Gasteiger partial charge is 0.313 e. The van der Waals surface area contributed by atoms with Crippen LogP contribution >= 0.6 is 0 Å². The molecule has 0 aliphatic carbocycles. The van der Waals surface area contributed by atoms with Gasteiger partial charge in [0.05, 0.1) is 23.1 Å². The number of ketones is 1. The van der Waals surface area contributed by atoms with E-state index in [4.69, 9.17) is 0 Å². The van der Waals surface area contributed by atoms with Crippen LogP contribution in [0.15, 0.2) is 105 Å². The molecule has 0 atom stereocenters. The molecular formula is C26H21N7O3. The second-order valence-electron chi connectivity index (χ2n) is 7.98. The van der Waals surface area contributed by atoms with Crippen molar-refractivity contribution in [1.29, 1.82) is 0 Å². The summed E-state index contributed by atoms with van der Waals surface area (Å²) in [4.78, 5) is 44.2. The topological polar surface area (TPSA) is 126 Å². The van der Waals surface area contributed by atoms with Crippen molar-refractivity contribution in [1.82, 2.24) is 19.5 Å². The number of benzene rings is 3. The van der Waals surface area contributed by atoms with Gasteiger partial charge in [-0.1, -0.05) is 78.0 Å². The molecule has 10 heteroatoms. The van der Waals surface area contributed by atoms with Gasteiger partial charge in [-0.3, -0.25) is 19.5 Å². The summed E-state index contributed by atoms with van der Waals surface area (Å²) in [6, 6.07) is 24.8. The third-order valence-corrected chi connectivity index (χ3v) is 5.55. The van der Waals surface area contributed by atoms with E-state index in [9.17, 15) is 14.4 Å². The Morgan fingerprint density at radius 3 is 2.33 bits per heavy atom. The van der Waals surface area contributed by atoms with E-state index in [2.05, 4.69) is 25.8 Å². The summed E-state index contributed by atoms with van der Waals surface area (Å²) in [5, 5.41) is 11.4. The number of carbonyl (C=O) groups excluding carboxylic acids is 1. The number of aromatic amines is 1. The van der Waals surface area contributed by atoms with Crippen LogP contribution in [0.5, 0.6) is 0 Å². The van der Waals surface area contributed by atoms with Gasteiger partial charge in [0, 0.05) is 11.1 Å². The summed E-state index contributed by atoms with van der Waals surface area (Å²) >= 11 is 0. The fourth-order valence-electron chi connectivity index (χ4n) is 3.71. The predicted octanol–water partition coefficient (Wildman–Crippen LogP) is 3.84. The predicted molar refractivity (Wildman–Crippen MR) is 136 cm³/mol. The molecule has 36 heavy (non-hydrogen) atoms. The number of nitrogens with one attached hydrogen (secondary N) is 2. The lowest BCUT2D eigenvalue weighted by Gasteiger charge is -2.08. The number of nitrogens with zero attached hydrogens (tertiary/aromatic N) is 5. The van der Waals surface area contributed by atoms with Crippen LogP contribution in [-0.2, 0) is 0 Å². The Hall–Kier alpha value is -5.12. The molecule has 0 bridgehead atoms. The van der Waals surface area contributed by atoms with Crippen molar-refractivity contribution in [2.45, 2.75) is 6.92 Å². The second kappa shape index (κ2) is 9.63. The van der Waals surface area contributed by atoms with E-state index in [0.29, 0.717) is 33.5 Å². The van der Waals surface area contributed by atoms with Gasteiger partial charge in [-0.25, -0.2) is 4.98 Å². The monoisotopic (exact) mass is 479 g/mol. The number of aromatic nitrogens is 4. The van der Waals surface area contributed by atoms with Crippen molar-refractivity contribution in [2.75, 3.05) is 12.0 Å². The third kappa shape index (κ3) is 4.34. The maximum Gasteiger partial charge on any atom is 0.313 e. The Bertz CT molecular complexity index is 1700. The quantitative estimate of drug-likeness (QED) is 0.271. The highest BCUT2D eigenvalue weighted by molar-refractivity contribution is 5.98. The molecule has 2 heterocycles. The highest BCUT2D eigenvalue weighted by Crippen LogP contribution is 2.20. The normalized spacial score (nSPS) is 11.2. The lowest BCUT2D eigenvalue weighted by atomic mass is 10.1. The first-order valence-corrected chi connectivity index (χ1v) is 11.2. The zero-order chi connectivity index (χ0) is 25.1. The molecule has 0 unspecified atom stereocenters. The first-order chi connectivity index (χ1) is 17.5. The van der Waals surface area contributed by atoms with E-state index in [0.717, 1.165) is 9.47 Å². The molecule has 5 aromatic rings. The van der Waals surface area contributed by atoms with E-state index in [1.807, 2.05) is 36.4 Å². The number of fused-ring (bicyclic) bond motifs is 1. The molecule has 0 amide bonds. The molecule has 2 N–H and O–H groups in total. The Morgan fingerprint density at radius 2 is 1.58 bits per heavy atom. The molecule has 5 rings (SSSR count). The summed E-state index contributed by atoms with van der Waals surface area (Å²) in [5.41, 5.74) is 3.93. The summed E-state index contributed by atoms with van der Waals surface area (Å²) in [6.07, 6.45) is 0. The molecule has 0 spiro atoms. The van der Waals surface area contributed by atoms with Crippen LogP contribution in [0.4, 0.5) is 5.69 Å². The van der Waals surface area contributed by atoms with Crippen molar-refractivity contribution < 1.29 is 4.79 Å². The van der Waals surface area contributed by atoms with Crippen molar-refractivity contribution in [3.05, 3.63) is 117 Å². The van der Waals surface area contributed by atoms with Gasteiger partial charge < -0.3 is 5.43 Å². The molecule has 0 aliphatic heterocycles. The number of aryl methyl sites for hydroxylation is 1. The molecule has 0 saturated carbocycles. The van der Waals surface area contributed by atoms with Gasteiger partial charge in [0.15, 0.2) is 17.3 Å². The zero-order valence-electron chi connectivity index (χ0n) is 19.3. The van der Waals surface area contributed by atoms with Crippen molar-refractivity contribution >= 4 is 22.4 Å². The smallest absolute Gasteiger partial charge is 0.300 e. The number of Topliss-reactive ketones (excluding diaryl/α,β-unsaturated/α-hetero) is 1. The average Bonchev–Trinajstić information content (AvgIpc) is 3.19. The fourth-order valence-corrected chi connectivity index (χ4v) is 3.71. The van der Waals surface area contributed by atoms with Gasteiger partial charge in [-0.05, 0) is 19.1 Å². The van der Waals surface area contributed by atoms with Crippen molar-refractivity contribution in [3.8, 4) is 11.4 Å². The molecular weight excluding hydrogens is 458 g/mol. The molecule has 0 fully saturated rings. The van der Waals surface area contributed by atoms with Gasteiger partial charge in [0.2, 0.25) is 0 Å². The maximum atomic E-state index is 13.3. The molecule has 0 saturated heterocycles. The number of hydrogen-bond donors (Lipinski definition) is 2. The standard InChI is InChI=1S/C26H21N7O3/c1-17-23(26(36)33(30-17)27-16-22(34)18-10-4-2-5-11-18)29-31-32-24(19-12-6-3-7-13-19)28-21-15-9-8-14-20(21)25(32)35/h2-15,27,30H,16H2,1H3. The third-order valence-electron chi connectivity index (χ3n) is 5.55.